The zero-order valence-electron chi connectivity index (χ0n) is 16.8. The van der Waals surface area contributed by atoms with Gasteiger partial charge in [0.1, 0.15) is 5.82 Å². The normalized spacial score (nSPS) is 21.0. The van der Waals surface area contributed by atoms with Gasteiger partial charge in [0.15, 0.2) is 0 Å². The summed E-state index contributed by atoms with van der Waals surface area (Å²) < 4.78 is 2.29. The number of imidazole rings is 1. The third kappa shape index (κ3) is 4.03. The van der Waals surface area contributed by atoms with Crippen LogP contribution in [0.15, 0.2) is 54.0 Å². The predicted molar refractivity (Wildman–Crippen MR) is 116 cm³/mol. The quantitative estimate of drug-likeness (QED) is 0.782. The molecule has 0 radical (unpaired) electrons. The molecular weight excluding hydrogens is 368 g/mol. The van der Waals surface area contributed by atoms with Crippen LogP contribution >= 0.6 is 11.6 Å². The highest BCUT2D eigenvalue weighted by atomic mass is 35.5. The van der Waals surface area contributed by atoms with E-state index in [4.69, 9.17) is 11.6 Å². The number of aromatic nitrogens is 2. The van der Waals surface area contributed by atoms with E-state index in [9.17, 15) is 0 Å². The number of allylic oxidation sites excluding steroid dienone is 1. The first-order chi connectivity index (χ1) is 13.7. The van der Waals surface area contributed by atoms with Crippen molar-refractivity contribution < 1.29 is 0 Å². The largest absolute Gasteiger partial charge is 0.358 e. The number of halogens is 1. The topological polar surface area (TPSA) is 33.1 Å². The van der Waals surface area contributed by atoms with Gasteiger partial charge in [-0.15, -0.1) is 0 Å². The van der Waals surface area contributed by atoms with Gasteiger partial charge in [-0.1, -0.05) is 48.4 Å². The van der Waals surface area contributed by atoms with E-state index >= 15 is 0 Å². The first kappa shape index (κ1) is 19.3. The number of hydrogen-bond donors (Lipinski definition) is 1. The second kappa shape index (κ2) is 8.54. The maximum absolute atomic E-state index is 6.48. The van der Waals surface area contributed by atoms with Crippen molar-refractivity contribution in [3.63, 3.8) is 0 Å². The molecule has 0 fully saturated rings. The van der Waals surface area contributed by atoms with E-state index in [-0.39, 0.29) is 0 Å². The summed E-state index contributed by atoms with van der Waals surface area (Å²) in [7, 11) is 0. The zero-order valence-corrected chi connectivity index (χ0v) is 17.5. The molecule has 3 heterocycles. The van der Waals surface area contributed by atoms with Crippen LogP contribution in [-0.4, -0.2) is 33.6 Å². The van der Waals surface area contributed by atoms with Gasteiger partial charge in [0.25, 0.3) is 0 Å². The predicted octanol–water partition coefficient (Wildman–Crippen LogP) is 4.87. The van der Waals surface area contributed by atoms with Crippen molar-refractivity contribution in [1.29, 1.82) is 0 Å². The standard InChI is InChI=1S/C23H29ClN4/c1-3-6-21(19-7-4-5-8-20(19)24)26-22-16-28(12-9-17(22)2)18-10-13-27-14-11-25-23(27)15-18/h4-8,11,14,18,26H,3,9-10,12-13,15-16H2,1-2H3/b21-6+. The number of fused-ring (bicyclic) bond motifs is 1. The second-order valence-electron chi connectivity index (χ2n) is 7.79. The Labute approximate surface area is 172 Å². The Morgan fingerprint density at radius 3 is 3.00 bits per heavy atom. The molecule has 0 spiro atoms. The van der Waals surface area contributed by atoms with Crippen LogP contribution in [0, 0.1) is 0 Å². The van der Waals surface area contributed by atoms with Crippen molar-refractivity contribution in [2.45, 2.75) is 52.1 Å². The number of rotatable bonds is 5. The van der Waals surface area contributed by atoms with Crippen molar-refractivity contribution in [2.24, 2.45) is 0 Å². The third-order valence-electron chi connectivity index (χ3n) is 5.95. The smallest absolute Gasteiger partial charge is 0.110 e. The number of aryl methyl sites for hydroxylation is 1. The van der Waals surface area contributed by atoms with Gasteiger partial charge in [0, 0.05) is 66.5 Å². The van der Waals surface area contributed by atoms with E-state index in [1.807, 2.05) is 24.4 Å². The monoisotopic (exact) mass is 396 g/mol. The molecule has 0 saturated heterocycles. The SMILES string of the molecule is CC/C=C(/NC1=C(C)CCN(C2CCn3ccnc3C2)C1)c1ccccc1Cl. The van der Waals surface area contributed by atoms with E-state index in [2.05, 4.69) is 52.0 Å². The van der Waals surface area contributed by atoms with E-state index < -0.39 is 0 Å². The average Bonchev–Trinajstić information content (AvgIpc) is 3.17. The van der Waals surface area contributed by atoms with E-state index in [0.717, 1.165) is 55.2 Å². The van der Waals surface area contributed by atoms with Crippen LogP contribution in [0.25, 0.3) is 5.70 Å². The fourth-order valence-electron chi connectivity index (χ4n) is 4.26. The van der Waals surface area contributed by atoms with Crippen LogP contribution in [0.1, 0.15) is 44.5 Å². The summed E-state index contributed by atoms with van der Waals surface area (Å²) in [6.07, 6.45) is 10.6. The average molecular weight is 397 g/mol. The number of nitrogens with one attached hydrogen (secondary N) is 1. The van der Waals surface area contributed by atoms with E-state index in [1.54, 1.807) is 0 Å². The van der Waals surface area contributed by atoms with E-state index in [1.165, 1.54) is 23.5 Å². The Morgan fingerprint density at radius 1 is 1.32 bits per heavy atom. The maximum Gasteiger partial charge on any atom is 0.110 e. The molecule has 2 aliphatic rings. The van der Waals surface area contributed by atoms with Crippen LogP contribution in [0.5, 0.6) is 0 Å². The number of nitrogens with zero attached hydrogens (tertiary/aromatic N) is 3. The highest BCUT2D eigenvalue weighted by molar-refractivity contribution is 6.32. The minimum Gasteiger partial charge on any atom is -0.358 e. The minimum absolute atomic E-state index is 0.568. The molecular formula is C23H29ClN4. The molecule has 1 aromatic heterocycles. The highest BCUT2D eigenvalue weighted by Gasteiger charge is 2.28. The van der Waals surface area contributed by atoms with Crippen LogP contribution in [0.2, 0.25) is 5.02 Å². The lowest BCUT2D eigenvalue weighted by molar-refractivity contribution is 0.170. The summed E-state index contributed by atoms with van der Waals surface area (Å²) >= 11 is 6.48. The fraction of sp³-hybridized carbons (Fsp3) is 0.435. The lowest BCUT2D eigenvalue weighted by atomic mass is 9.99. The Bertz CT molecular complexity index is 896. The maximum atomic E-state index is 6.48. The molecule has 4 nitrogen and oxygen atoms in total. The Hall–Kier alpha value is -2.04. The number of benzene rings is 1. The summed E-state index contributed by atoms with van der Waals surface area (Å²) in [5.41, 5.74) is 4.95. The first-order valence-corrected chi connectivity index (χ1v) is 10.7. The van der Waals surface area contributed by atoms with Crippen molar-refractivity contribution >= 4 is 17.3 Å². The molecule has 1 atom stereocenters. The lowest BCUT2D eigenvalue weighted by Gasteiger charge is -2.38. The van der Waals surface area contributed by atoms with Gasteiger partial charge in [-0.3, -0.25) is 4.90 Å². The van der Waals surface area contributed by atoms with Crippen molar-refractivity contribution in [3.05, 3.63) is 70.4 Å². The third-order valence-corrected chi connectivity index (χ3v) is 6.28. The molecule has 0 saturated carbocycles. The van der Waals surface area contributed by atoms with Crippen LogP contribution in [-0.2, 0) is 13.0 Å². The minimum atomic E-state index is 0.568. The Kier molecular flexibility index (Phi) is 5.88. The molecule has 28 heavy (non-hydrogen) atoms. The van der Waals surface area contributed by atoms with E-state index in [0.29, 0.717) is 6.04 Å². The van der Waals surface area contributed by atoms with Gasteiger partial charge in [-0.25, -0.2) is 4.98 Å². The van der Waals surface area contributed by atoms with Crippen LogP contribution in [0.4, 0.5) is 0 Å². The fourth-order valence-corrected chi connectivity index (χ4v) is 4.50. The van der Waals surface area contributed by atoms with Crippen LogP contribution in [0.3, 0.4) is 0 Å². The molecule has 5 heteroatoms. The van der Waals surface area contributed by atoms with Crippen molar-refractivity contribution in [1.82, 2.24) is 19.8 Å². The molecule has 0 aliphatic carbocycles. The summed E-state index contributed by atoms with van der Waals surface area (Å²) in [5, 5.41) is 4.53. The molecule has 2 aromatic rings. The molecule has 4 rings (SSSR count). The molecule has 1 unspecified atom stereocenters. The van der Waals surface area contributed by atoms with Gasteiger partial charge >= 0.3 is 0 Å². The molecule has 148 valence electrons. The Morgan fingerprint density at radius 2 is 2.18 bits per heavy atom. The molecule has 1 aromatic carbocycles. The van der Waals surface area contributed by atoms with Gasteiger partial charge in [-0.2, -0.15) is 0 Å². The van der Waals surface area contributed by atoms with Crippen molar-refractivity contribution in [2.75, 3.05) is 13.1 Å². The zero-order chi connectivity index (χ0) is 19.5. The number of hydrogen-bond acceptors (Lipinski definition) is 3. The molecule has 0 bridgehead atoms. The van der Waals surface area contributed by atoms with Crippen LogP contribution < -0.4 is 5.32 Å². The molecule has 0 amide bonds. The van der Waals surface area contributed by atoms with Gasteiger partial charge in [-0.05, 0) is 32.3 Å². The molecule has 2 aliphatic heterocycles. The second-order valence-corrected chi connectivity index (χ2v) is 8.20. The summed E-state index contributed by atoms with van der Waals surface area (Å²) in [5.74, 6) is 1.22. The summed E-state index contributed by atoms with van der Waals surface area (Å²) in [6, 6.07) is 8.65. The van der Waals surface area contributed by atoms with Gasteiger partial charge < -0.3 is 9.88 Å². The van der Waals surface area contributed by atoms with Gasteiger partial charge in [0.2, 0.25) is 0 Å². The lowest BCUT2D eigenvalue weighted by Crippen LogP contribution is -2.45. The first-order valence-electron chi connectivity index (χ1n) is 10.3. The highest BCUT2D eigenvalue weighted by Crippen LogP contribution is 2.27. The van der Waals surface area contributed by atoms with Crippen molar-refractivity contribution in [3.8, 4) is 0 Å². The summed E-state index contributed by atoms with van der Waals surface area (Å²) in [4.78, 5) is 7.17. The molecule has 1 N–H and O–H groups in total. The Balaban J connectivity index is 1.51. The van der Waals surface area contributed by atoms with Gasteiger partial charge in [0.05, 0.1) is 0 Å². The summed E-state index contributed by atoms with van der Waals surface area (Å²) in [6.45, 7) is 7.58.